The van der Waals surface area contributed by atoms with Crippen molar-refractivity contribution in [3.05, 3.63) is 22.8 Å². The quantitative estimate of drug-likeness (QED) is 0.217. The molecule has 4 rings (SSSR count). The first kappa shape index (κ1) is 19.5. The number of ether oxygens (including phenoxy) is 1. The molecule has 1 fully saturated rings. The van der Waals surface area contributed by atoms with Crippen LogP contribution in [0.15, 0.2) is 22.7 Å². The molecule has 1 aliphatic heterocycles. The number of aliphatic hydroxyl groups excluding tert-OH is 3. The highest BCUT2D eigenvalue weighted by atomic mass is 32.2. The highest BCUT2D eigenvalue weighted by Crippen LogP contribution is 2.37. The van der Waals surface area contributed by atoms with Crippen molar-refractivity contribution in [1.82, 2.24) is 29.1 Å². The molecule has 5 N–H and O–H groups in total. The molecule has 29 heavy (non-hydrogen) atoms. The van der Waals surface area contributed by atoms with Crippen molar-refractivity contribution in [3.63, 3.8) is 0 Å². The van der Waals surface area contributed by atoms with Gasteiger partial charge in [0.25, 0.3) is 0 Å². The van der Waals surface area contributed by atoms with Crippen molar-refractivity contribution in [2.75, 3.05) is 12.3 Å². The van der Waals surface area contributed by atoms with Gasteiger partial charge in [-0.3, -0.25) is 4.57 Å². The maximum atomic E-state index is 11.2. The maximum Gasteiger partial charge on any atom is 0.396 e. The minimum absolute atomic E-state index is 0.127. The number of imidazole rings is 2. The molecule has 0 saturated carbocycles. The van der Waals surface area contributed by atoms with Crippen LogP contribution in [0.3, 0.4) is 0 Å². The fraction of sp³-hybridized carbons (Fsp3) is 0.429. The van der Waals surface area contributed by atoms with Crippen LogP contribution < -0.4 is 5.73 Å². The number of aromatic nitrogens is 6. The average molecular weight is 424 g/mol. The summed E-state index contributed by atoms with van der Waals surface area (Å²) in [6, 6.07) is 0. The summed E-state index contributed by atoms with van der Waals surface area (Å²) in [6.07, 6.45) is -2.05. The summed E-state index contributed by atoms with van der Waals surface area (Å²) in [4.78, 5) is 26.8. The Bertz CT molecular complexity index is 1090. The van der Waals surface area contributed by atoms with E-state index < -0.39 is 36.1 Å². The Balaban J connectivity index is 1.77. The summed E-state index contributed by atoms with van der Waals surface area (Å²) in [6.45, 7) is -0.482. The summed E-state index contributed by atoms with van der Waals surface area (Å²) in [7, 11) is 1.60. The van der Waals surface area contributed by atoms with E-state index in [4.69, 9.17) is 10.5 Å². The molecular weight excluding hydrogens is 408 g/mol. The van der Waals surface area contributed by atoms with Crippen molar-refractivity contribution >= 4 is 34.7 Å². The number of anilines is 1. The van der Waals surface area contributed by atoms with Crippen LogP contribution in [0.25, 0.3) is 11.2 Å². The Morgan fingerprint density at radius 2 is 2.07 bits per heavy atom. The van der Waals surface area contributed by atoms with Gasteiger partial charge in [-0.2, -0.15) is 4.98 Å². The second-order valence-corrected chi connectivity index (χ2v) is 7.26. The van der Waals surface area contributed by atoms with Crippen LogP contribution >= 0.6 is 11.8 Å². The van der Waals surface area contributed by atoms with E-state index in [0.29, 0.717) is 0 Å². The maximum absolute atomic E-state index is 11.2. The number of nitrogens with two attached hydrogens (primary N) is 1. The van der Waals surface area contributed by atoms with E-state index in [1.165, 1.54) is 21.8 Å². The molecule has 0 spiro atoms. The van der Waals surface area contributed by atoms with E-state index >= 15 is 0 Å². The van der Waals surface area contributed by atoms with Crippen molar-refractivity contribution in [2.24, 2.45) is 7.05 Å². The second kappa shape index (κ2) is 7.20. The normalized spacial score (nSPS) is 24.4. The highest BCUT2D eigenvalue weighted by Gasteiger charge is 2.44. The molecule has 0 radical (unpaired) electrons. The molecule has 4 atom stereocenters. The minimum Gasteiger partial charge on any atom is -0.394 e. The molecule has 15 heteroatoms. The van der Waals surface area contributed by atoms with Gasteiger partial charge in [0.05, 0.1) is 12.9 Å². The van der Waals surface area contributed by atoms with Crippen LogP contribution in [0, 0.1) is 10.1 Å². The van der Waals surface area contributed by atoms with Gasteiger partial charge in [0.15, 0.2) is 16.9 Å². The molecule has 4 heterocycles. The Hall–Kier alpha value is -2.85. The third kappa shape index (κ3) is 3.18. The number of nitro groups is 1. The molecule has 0 bridgehead atoms. The smallest absolute Gasteiger partial charge is 0.394 e. The molecule has 1 saturated heterocycles. The second-order valence-electron chi connectivity index (χ2n) is 6.28. The van der Waals surface area contributed by atoms with E-state index in [-0.39, 0.29) is 33.0 Å². The van der Waals surface area contributed by atoms with Gasteiger partial charge in [0.2, 0.25) is 12.3 Å². The Labute approximate surface area is 166 Å². The molecular formula is C14H16N8O6S. The zero-order valence-electron chi connectivity index (χ0n) is 14.9. The third-order valence-corrected chi connectivity index (χ3v) is 5.57. The van der Waals surface area contributed by atoms with Gasteiger partial charge in [0, 0.05) is 7.05 Å². The lowest BCUT2D eigenvalue weighted by atomic mass is 10.1. The number of hydrogen-bond acceptors (Lipinski definition) is 12. The summed E-state index contributed by atoms with van der Waals surface area (Å²) in [5, 5.41) is 41.2. The fourth-order valence-electron chi connectivity index (χ4n) is 3.02. The molecule has 1 aliphatic rings. The average Bonchev–Trinajstić information content (AvgIpc) is 3.33. The SMILES string of the molecule is Cn1cnc([N+](=O)[O-])c1Sc1nc(N)nc2c1ncn2[C@H]1O[C@@H](CO)[C@H](O)[C@@H]1O. The minimum atomic E-state index is -1.34. The summed E-state index contributed by atoms with van der Waals surface area (Å²) in [5.41, 5.74) is 6.26. The summed E-state index contributed by atoms with van der Waals surface area (Å²) < 4.78 is 8.33. The lowest BCUT2D eigenvalue weighted by Gasteiger charge is -2.16. The van der Waals surface area contributed by atoms with Crippen LogP contribution in [-0.2, 0) is 11.8 Å². The molecule has 0 aliphatic carbocycles. The number of aliphatic hydroxyl groups is 3. The summed E-state index contributed by atoms with van der Waals surface area (Å²) >= 11 is 0.941. The fourth-order valence-corrected chi connectivity index (χ4v) is 3.99. The van der Waals surface area contributed by atoms with Crippen LogP contribution in [0.1, 0.15) is 6.23 Å². The molecule has 0 aromatic carbocycles. The molecule has 3 aromatic rings. The highest BCUT2D eigenvalue weighted by molar-refractivity contribution is 7.99. The van der Waals surface area contributed by atoms with Crippen LogP contribution in [0.5, 0.6) is 0 Å². The third-order valence-electron chi connectivity index (χ3n) is 4.43. The lowest BCUT2D eigenvalue weighted by molar-refractivity contribution is -0.392. The van der Waals surface area contributed by atoms with Gasteiger partial charge in [0.1, 0.15) is 28.9 Å². The van der Waals surface area contributed by atoms with Gasteiger partial charge in [-0.15, -0.1) is 0 Å². The van der Waals surface area contributed by atoms with E-state index in [1.54, 1.807) is 7.05 Å². The topological polar surface area (TPSA) is 200 Å². The van der Waals surface area contributed by atoms with Gasteiger partial charge in [-0.1, -0.05) is 0 Å². The molecule has 0 unspecified atom stereocenters. The van der Waals surface area contributed by atoms with Gasteiger partial charge in [-0.05, 0) is 21.7 Å². The van der Waals surface area contributed by atoms with Gasteiger partial charge in [-0.25, -0.2) is 9.97 Å². The number of nitrogens with zero attached hydrogens (tertiary/aromatic N) is 7. The predicted molar refractivity (Wildman–Crippen MR) is 96.7 cm³/mol. The first-order valence-electron chi connectivity index (χ1n) is 8.28. The van der Waals surface area contributed by atoms with E-state index in [2.05, 4.69) is 19.9 Å². The first-order chi connectivity index (χ1) is 13.8. The van der Waals surface area contributed by atoms with Crippen LogP contribution in [0.4, 0.5) is 11.8 Å². The Kier molecular flexibility index (Phi) is 4.83. The van der Waals surface area contributed by atoms with Gasteiger partial charge >= 0.3 is 5.82 Å². The van der Waals surface area contributed by atoms with Crippen molar-refractivity contribution in [2.45, 2.75) is 34.6 Å². The van der Waals surface area contributed by atoms with Crippen molar-refractivity contribution in [1.29, 1.82) is 0 Å². The van der Waals surface area contributed by atoms with Crippen molar-refractivity contribution < 1.29 is 25.0 Å². The van der Waals surface area contributed by atoms with E-state index in [0.717, 1.165) is 11.8 Å². The zero-order valence-corrected chi connectivity index (χ0v) is 15.7. The Morgan fingerprint density at radius 1 is 1.31 bits per heavy atom. The summed E-state index contributed by atoms with van der Waals surface area (Å²) in [5.74, 6) is -0.468. The molecule has 154 valence electrons. The van der Waals surface area contributed by atoms with Crippen molar-refractivity contribution in [3.8, 4) is 0 Å². The monoisotopic (exact) mass is 424 g/mol. The van der Waals surface area contributed by atoms with Gasteiger partial charge < -0.3 is 40.5 Å². The van der Waals surface area contributed by atoms with E-state index in [9.17, 15) is 25.4 Å². The predicted octanol–water partition coefficient (Wildman–Crippen LogP) is -1.19. The Morgan fingerprint density at radius 3 is 2.72 bits per heavy atom. The molecule has 0 amide bonds. The zero-order chi connectivity index (χ0) is 20.9. The largest absolute Gasteiger partial charge is 0.396 e. The van der Waals surface area contributed by atoms with Crippen LogP contribution in [-0.4, -0.2) is 74.2 Å². The van der Waals surface area contributed by atoms with E-state index in [1.807, 2.05) is 0 Å². The molecule has 3 aromatic heterocycles. The number of fused-ring (bicyclic) bond motifs is 1. The number of hydrogen-bond donors (Lipinski definition) is 4. The van der Waals surface area contributed by atoms with Crippen LogP contribution in [0.2, 0.25) is 0 Å². The number of nitrogen functional groups attached to an aromatic ring is 1. The number of aryl methyl sites for hydroxylation is 1. The first-order valence-corrected chi connectivity index (χ1v) is 9.09. The number of rotatable bonds is 5. The molecule has 14 nitrogen and oxygen atoms in total. The standard InChI is InChI=1S/C14H16N8O6S/c1-20-3-17-10(22(26)27)13(20)29-11-6-9(18-14(15)19-11)21(4-16-6)12-8(25)7(24)5(2-23)28-12/h3-5,7-8,12,23-25H,2H2,1H3,(H2,15,18,19)/t5-,7-,8-,12-/m0/s1. The lowest BCUT2D eigenvalue weighted by Crippen LogP contribution is -2.33.